The van der Waals surface area contributed by atoms with Gasteiger partial charge in [-0.25, -0.2) is 4.79 Å². The summed E-state index contributed by atoms with van der Waals surface area (Å²) in [5.74, 6) is -0.331. The number of carbonyl (C=O) groups is 2. The molecule has 7 heteroatoms. The number of hydrogen-bond donors (Lipinski definition) is 1. The Labute approximate surface area is 200 Å². The van der Waals surface area contributed by atoms with Crippen LogP contribution >= 0.6 is 11.3 Å². The van der Waals surface area contributed by atoms with Crippen molar-refractivity contribution in [3.8, 4) is 0 Å². The van der Waals surface area contributed by atoms with Gasteiger partial charge in [-0.05, 0) is 69.4 Å². The third-order valence-corrected chi connectivity index (χ3v) is 6.80. The van der Waals surface area contributed by atoms with Crippen molar-refractivity contribution in [1.82, 2.24) is 0 Å². The zero-order chi connectivity index (χ0) is 23.8. The lowest BCUT2D eigenvalue weighted by molar-refractivity contribution is -0.117. The molecule has 3 rings (SSSR count). The van der Waals surface area contributed by atoms with Crippen LogP contribution in [0.3, 0.4) is 0 Å². The van der Waals surface area contributed by atoms with Gasteiger partial charge >= 0.3 is 5.97 Å². The largest absolute Gasteiger partial charge is 0.459 e. The topological polar surface area (TPSA) is 76.1 Å². The van der Waals surface area contributed by atoms with Crippen molar-refractivity contribution in [3.05, 3.63) is 51.7 Å². The molecule has 1 saturated heterocycles. The average molecular weight is 474 g/mol. The second-order valence-corrected chi connectivity index (χ2v) is 9.91. The summed E-state index contributed by atoms with van der Waals surface area (Å²) in [5, 5.41) is 10.4. The Balaban J connectivity index is 1.54. The van der Waals surface area contributed by atoms with Gasteiger partial charge in [-0.15, -0.1) is 11.3 Å². The number of ether oxygens (including phenoxy) is 2. The summed E-state index contributed by atoms with van der Waals surface area (Å²) in [7, 11) is 0. The minimum absolute atomic E-state index is 0.0499. The van der Waals surface area contributed by atoms with E-state index >= 15 is 0 Å². The summed E-state index contributed by atoms with van der Waals surface area (Å²) >= 11 is 1.45. The molecule has 0 spiro atoms. The number of aliphatic hydroxyl groups is 1. The number of aliphatic hydroxyl groups excluding tert-OH is 1. The van der Waals surface area contributed by atoms with Crippen LogP contribution in [0.15, 0.2) is 36.4 Å². The SMILES string of the molecule is CCCCC[C@@H](O)c1ccc(N2C(=O)COC2CCCc2ccc(C(=O)OC(C)C)s2)cc1. The molecule has 1 aliphatic heterocycles. The van der Waals surface area contributed by atoms with Crippen molar-refractivity contribution >= 4 is 28.9 Å². The van der Waals surface area contributed by atoms with Crippen LogP contribution in [-0.2, 0) is 20.7 Å². The molecule has 1 unspecified atom stereocenters. The van der Waals surface area contributed by atoms with E-state index in [1.165, 1.54) is 11.3 Å². The first-order valence-electron chi connectivity index (χ1n) is 11.9. The maximum atomic E-state index is 12.5. The van der Waals surface area contributed by atoms with Gasteiger partial charge in [0.1, 0.15) is 17.7 Å². The number of carbonyl (C=O) groups excluding carboxylic acids is 2. The van der Waals surface area contributed by atoms with E-state index in [1.807, 2.05) is 50.2 Å². The van der Waals surface area contributed by atoms with Gasteiger partial charge in [0.25, 0.3) is 5.91 Å². The molecule has 0 radical (unpaired) electrons. The fourth-order valence-corrected chi connectivity index (χ4v) is 4.88. The lowest BCUT2D eigenvalue weighted by Gasteiger charge is -2.23. The van der Waals surface area contributed by atoms with E-state index in [0.717, 1.165) is 54.7 Å². The van der Waals surface area contributed by atoms with Crippen LogP contribution in [0, 0.1) is 0 Å². The van der Waals surface area contributed by atoms with Crippen LogP contribution in [0.4, 0.5) is 5.69 Å². The van der Waals surface area contributed by atoms with Crippen LogP contribution in [0.1, 0.15) is 85.5 Å². The number of amides is 1. The fraction of sp³-hybridized carbons (Fsp3) is 0.538. The number of hydrogen-bond acceptors (Lipinski definition) is 6. The molecule has 1 amide bonds. The van der Waals surface area contributed by atoms with E-state index in [-0.39, 0.29) is 30.8 Å². The Bertz CT molecular complexity index is 908. The highest BCUT2D eigenvalue weighted by Gasteiger charge is 2.32. The lowest BCUT2D eigenvalue weighted by Crippen LogP contribution is -2.33. The highest BCUT2D eigenvalue weighted by Crippen LogP contribution is 2.29. The zero-order valence-corrected chi connectivity index (χ0v) is 20.6. The first kappa shape index (κ1) is 25.4. The zero-order valence-electron chi connectivity index (χ0n) is 19.8. The monoisotopic (exact) mass is 473 g/mol. The Morgan fingerprint density at radius 2 is 1.94 bits per heavy atom. The summed E-state index contributed by atoms with van der Waals surface area (Å²) < 4.78 is 11.0. The highest BCUT2D eigenvalue weighted by atomic mass is 32.1. The maximum Gasteiger partial charge on any atom is 0.348 e. The number of esters is 1. The molecule has 33 heavy (non-hydrogen) atoms. The van der Waals surface area contributed by atoms with Crippen molar-refractivity contribution in [2.75, 3.05) is 11.5 Å². The molecular formula is C26H35NO5S. The van der Waals surface area contributed by atoms with Gasteiger partial charge in [-0.2, -0.15) is 0 Å². The molecule has 0 aliphatic carbocycles. The maximum absolute atomic E-state index is 12.5. The first-order chi connectivity index (χ1) is 15.9. The molecule has 1 aromatic heterocycles. The van der Waals surface area contributed by atoms with Crippen LogP contribution < -0.4 is 4.90 Å². The number of anilines is 1. The van der Waals surface area contributed by atoms with Gasteiger partial charge in [0, 0.05) is 10.6 Å². The minimum atomic E-state index is -0.472. The molecule has 0 saturated carbocycles. The molecule has 2 atom stereocenters. The molecule has 1 fully saturated rings. The van der Waals surface area contributed by atoms with E-state index < -0.39 is 6.10 Å². The van der Waals surface area contributed by atoms with Crippen LogP contribution in [0.5, 0.6) is 0 Å². The molecule has 1 N–H and O–H groups in total. The Morgan fingerprint density at radius 1 is 1.18 bits per heavy atom. The Morgan fingerprint density at radius 3 is 2.64 bits per heavy atom. The second kappa shape index (κ2) is 12.3. The van der Waals surface area contributed by atoms with Gasteiger partial charge in [-0.1, -0.05) is 38.3 Å². The third kappa shape index (κ3) is 7.13. The molecule has 1 aliphatic rings. The number of benzene rings is 1. The van der Waals surface area contributed by atoms with Gasteiger partial charge in [0.2, 0.25) is 0 Å². The molecule has 180 valence electrons. The van der Waals surface area contributed by atoms with Crippen molar-refractivity contribution < 1.29 is 24.2 Å². The van der Waals surface area contributed by atoms with Gasteiger partial charge in [-0.3, -0.25) is 9.69 Å². The van der Waals surface area contributed by atoms with E-state index in [2.05, 4.69) is 6.92 Å². The Hall–Kier alpha value is -2.22. The van der Waals surface area contributed by atoms with E-state index in [9.17, 15) is 14.7 Å². The van der Waals surface area contributed by atoms with E-state index in [1.54, 1.807) is 4.90 Å². The average Bonchev–Trinajstić information content (AvgIpc) is 3.40. The standard InChI is InChI=1S/C26H35NO5S/c1-4-5-6-9-22(28)19-11-13-20(14-12-19)27-24(29)17-31-25(27)10-7-8-21-15-16-23(33-21)26(30)32-18(2)3/h11-16,18,22,25,28H,4-10,17H2,1-3H3/t22-,25?/m1/s1. The lowest BCUT2D eigenvalue weighted by atomic mass is 10.0. The Kier molecular flexibility index (Phi) is 9.47. The minimum Gasteiger partial charge on any atom is -0.459 e. The van der Waals surface area contributed by atoms with Crippen LogP contribution in [0.25, 0.3) is 0 Å². The predicted molar refractivity (Wildman–Crippen MR) is 131 cm³/mol. The smallest absolute Gasteiger partial charge is 0.348 e. The number of unbranched alkanes of at least 4 members (excludes halogenated alkanes) is 2. The van der Waals surface area contributed by atoms with Crippen molar-refractivity contribution in [2.24, 2.45) is 0 Å². The van der Waals surface area contributed by atoms with E-state index in [4.69, 9.17) is 9.47 Å². The molecule has 1 aromatic carbocycles. The number of aryl methyl sites for hydroxylation is 1. The van der Waals surface area contributed by atoms with Crippen molar-refractivity contribution in [1.29, 1.82) is 0 Å². The second-order valence-electron chi connectivity index (χ2n) is 8.74. The van der Waals surface area contributed by atoms with Crippen LogP contribution in [-0.4, -0.2) is 35.9 Å². The summed E-state index contributed by atoms with van der Waals surface area (Å²) in [6.45, 7) is 5.90. The van der Waals surface area contributed by atoms with Gasteiger partial charge in [0.15, 0.2) is 0 Å². The normalized spacial score (nSPS) is 17.1. The van der Waals surface area contributed by atoms with Gasteiger partial charge < -0.3 is 14.6 Å². The third-order valence-electron chi connectivity index (χ3n) is 5.67. The highest BCUT2D eigenvalue weighted by molar-refractivity contribution is 7.13. The number of thiophene rings is 1. The summed E-state index contributed by atoms with van der Waals surface area (Å²) in [6, 6.07) is 11.4. The van der Waals surface area contributed by atoms with Gasteiger partial charge in [0.05, 0.1) is 12.2 Å². The molecule has 2 heterocycles. The summed E-state index contributed by atoms with van der Waals surface area (Å²) in [6.07, 6.45) is 5.44. The quantitative estimate of drug-likeness (QED) is 0.319. The predicted octanol–water partition coefficient (Wildman–Crippen LogP) is 5.64. The summed E-state index contributed by atoms with van der Waals surface area (Å²) in [4.78, 5) is 28.0. The molecule has 2 aromatic rings. The van der Waals surface area contributed by atoms with Crippen LogP contribution in [0.2, 0.25) is 0 Å². The fourth-order valence-electron chi connectivity index (χ4n) is 3.95. The molecule has 0 bridgehead atoms. The van der Waals surface area contributed by atoms with E-state index in [0.29, 0.717) is 11.3 Å². The van der Waals surface area contributed by atoms with Crippen molar-refractivity contribution in [2.45, 2.75) is 84.2 Å². The van der Waals surface area contributed by atoms with Crippen molar-refractivity contribution in [3.63, 3.8) is 0 Å². The number of rotatable bonds is 12. The molecular weight excluding hydrogens is 438 g/mol. The number of nitrogens with zero attached hydrogens (tertiary/aromatic N) is 1. The summed E-state index contributed by atoms with van der Waals surface area (Å²) in [5.41, 5.74) is 1.67. The first-order valence-corrected chi connectivity index (χ1v) is 12.7. The molecule has 6 nitrogen and oxygen atoms in total.